The second-order valence-electron chi connectivity index (χ2n) is 1.41. The van der Waals surface area contributed by atoms with Crippen LogP contribution in [0.15, 0.2) is 11.6 Å². The smallest absolute Gasteiger partial charge is 0.807 e. The summed E-state index contributed by atoms with van der Waals surface area (Å²) in [5.74, 6) is 0. The van der Waals surface area contributed by atoms with Crippen molar-refractivity contribution in [1.29, 1.82) is 0 Å². The molecule has 0 unspecified atom stereocenters. The second-order valence-corrected chi connectivity index (χ2v) is 4.83. The first-order valence-electron chi connectivity index (χ1n) is 1.90. The van der Waals surface area contributed by atoms with E-state index in [0.717, 1.165) is 0 Å². The molecule has 0 aromatic carbocycles. The van der Waals surface area contributed by atoms with Gasteiger partial charge in [0.15, 0.2) is 0 Å². The van der Waals surface area contributed by atoms with Gasteiger partial charge in [0.2, 0.25) is 0 Å². The molecule has 6 nitrogen and oxygen atoms in total. The first-order chi connectivity index (χ1) is 4.15. The molecule has 0 saturated heterocycles. The predicted molar refractivity (Wildman–Crippen MR) is 24.4 cm³/mol. The van der Waals surface area contributed by atoms with Gasteiger partial charge >= 0.3 is 118 Å². The Balaban J connectivity index is -0.0000000675. The molecule has 0 radical (unpaired) electrons. The zero-order valence-electron chi connectivity index (χ0n) is 8.55. The molecule has 0 rings (SSSR count). The SMILES string of the molecule is C=C(P(=O)([O-])[O-])P(=O)([O-])[O-].[Na+].[Na+].[Na+].[Na+]. The molecule has 60 valence electrons. The molecule has 0 atom stereocenters. The minimum absolute atomic E-state index is 0. The van der Waals surface area contributed by atoms with Crippen molar-refractivity contribution in [2.45, 2.75) is 0 Å². The molecule has 0 aliphatic carbocycles. The molecule has 0 saturated carbocycles. The van der Waals surface area contributed by atoms with Crippen LogP contribution in [0.2, 0.25) is 0 Å². The van der Waals surface area contributed by atoms with E-state index in [1.807, 2.05) is 0 Å². The molecule has 0 aromatic heterocycles. The molecular weight excluding hydrogens is 274 g/mol. The molecule has 0 amide bonds. The van der Waals surface area contributed by atoms with E-state index in [4.69, 9.17) is 0 Å². The molecule has 0 aromatic rings. The average molecular weight is 276 g/mol. The van der Waals surface area contributed by atoms with Crippen LogP contribution >= 0.6 is 15.2 Å². The Kier molecular flexibility index (Phi) is 26.6. The van der Waals surface area contributed by atoms with E-state index in [-0.39, 0.29) is 118 Å². The van der Waals surface area contributed by atoms with Crippen molar-refractivity contribution < 1.29 is 147 Å². The zero-order valence-corrected chi connectivity index (χ0v) is 18.3. The van der Waals surface area contributed by atoms with Crippen LogP contribution in [-0.4, -0.2) is 0 Å². The maximum Gasteiger partial charge on any atom is 1.00 e. The summed E-state index contributed by atoms with van der Waals surface area (Å²) in [5.41, 5.74) is 0. The fourth-order valence-electron chi connectivity index (χ4n) is 0.150. The minimum atomic E-state index is -5.46. The molecule has 0 fully saturated rings. The maximum atomic E-state index is 9.78. The molecule has 14 heavy (non-hydrogen) atoms. The monoisotopic (exact) mass is 276 g/mol. The van der Waals surface area contributed by atoms with Crippen molar-refractivity contribution in [1.82, 2.24) is 0 Å². The Bertz CT molecular complexity index is 218. The van der Waals surface area contributed by atoms with Crippen LogP contribution in [0.3, 0.4) is 0 Å². The van der Waals surface area contributed by atoms with Gasteiger partial charge in [0.05, 0.1) is 0 Å². The van der Waals surface area contributed by atoms with Crippen molar-refractivity contribution in [3.63, 3.8) is 0 Å². The van der Waals surface area contributed by atoms with E-state index < -0.39 is 20.2 Å². The van der Waals surface area contributed by atoms with Gasteiger partial charge in [-0.2, -0.15) is 0 Å². The van der Waals surface area contributed by atoms with Gasteiger partial charge in [0.25, 0.3) is 0 Å². The van der Waals surface area contributed by atoms with Crippen molar-refractivity contribution in [2.75, 3.05) is 0 Å². The Morgan fingerprint density at radius 3 is 0.929 bits per heavy atom. The molecule has 12 heteroatoms. The molecule has 0 bridgehead atoms. The van der Waals surface area contributed by atoms with Gasteiger partial charge < -0.3 is 28.7 Å². The minimum Gasteiger partial charge on any atom is -0.807 e. The van der Waals surface area contributed by atoms with E-state index in [1.54, 1.807) is 0 Å². The molecule has 0 spiro atoms. The normalized spacial score (nSPS) is 9.43. The van der Waals surface area contributed by atoms with Crippen molar-refractivity contribution in [2.24, 2.45) is 0 Å². The average Bonchev–Trinajstić information content (AvgIpc) is 1.59. The van der Waals surface area contributed by atoms with Gasteiger partial charge in [-0.25, -0.2) is 0 Å². The van der Waals surface area contributed by atoms with Crippen LogP contribution in [0.25, 0.3) is 0 Å². The van der Waals surface area contributed by atoms with Gasteiger partial charge in [-0.1, -0.05) is 6.58 Å². The Hall–Kier alpha value is 4.04. The number of rotatable bonds is 2. The molecule has 0 N–H and O–H groups in total. The topological polar surface area (TPSA) is 126 Å². The standard InChI is InChI=1S/C2H6O6P2.4Na/c1-2(9(3,4)5)10(6,7)8;;;;/h1H2,(H2,3,4,5)(H2,6,7,8);;;;/q;4*+1/p-4. The van der Waals surface area contributed by atoms with Crippen LogP contribution in [0.5, 0.6) is 0 Å². The van der Waals surface area contributed by atoms with E-state index in [0.29, 0.717) is 0 Å². The van der Waals surface area contributed by atoms with Crippen molar-refractivity contribution in [3.05, 3.63) is 11.6 Å². The Morgan fingerprint density at radius 1 is 0.786 bits per heavy atom. The van der Waals surface area contributed by atoms with Crippen LogP contribution in [0, 0.1) is 0 Å². The third-order valence-corrected chi connectivity index (χ3v) is 3.37. The summed E-state index contributed by atoms with van der Waals surface area (Å²) in [5, 5.41) is -1.79. The Labute approximate surface area is 170 Å². The van der Waals surface area contributed by atoms with Crippen molar-refractivity contribution in [3.8, 4) is 0 Å². The second kappa shape index (κ2) is 12.1. The predicted octanol–water partition coefficient (Wildman–Crippen LogP) is -14.7. The third kappa shape index (κ3) is 14.1. The molecule has 0 heterocycles. The summed E-state index contributed by atoms with van der Waals surface area (Å²) in [7, 11) is -10.9. The van der Waals surface area contributed by atoms with Gasteiger partial charge in [0.1, 0.15) is 0 Å². The van der Waals surface area contributed by atoms with Gasteiger partial charge in [0, 0.05) is 0 Å². The summed E-state index contributed by atoms with van der Waals surface area (Å²) in [6, 6.07) is 0. The molecule has 0 aliphatic heterocycles. The van der Waals surface area contributed by atoms with E-state index in [9.17, 15) is 28.7 Å². The van der Waals surface area contributed by atoms with Crippen LogP contribution in [0.1, 0.15) is 0 Å². The fraction of sp³-hybridized carbons (Fsp3) is 0. The van der Waals surface area contributed by atoms with Crippen molar-refractivity contribution >= 4 is 15.2 Å². The first kappa shape index (κ1) is 30.8. The maximum absolute atomic E-state index is 9.78. The summed E-state index contributed by atoms with van der Waals surface area (Å²) in [6.07, 6.45) is 0. The van der Waals surface area contributed by atoms with E-state index >= 15 is 0 Å². The summed E-state index contributed by atoms with van der Waals surface area (Å²) in [4.78, 5) is 39.1. The third-order valence-electron chi connectivity index (χ3n) is 0.632. The van der Waals surface area contributed by atoms with Gasteiger partial charge in [-0.15, -0.1) is 0 Å². The molecule has 0 aliphatic rings. The quantitative estimate of drug-likeness (QED) is 0.364. The van der Waals surface area contributed by atoms with Gasteiger partial charge in [-0.05, 0) is 20.2 Å². The van der Waals surface area contributed by atoms with Crippen LogP contribution in [-0.2, 0) is 9.13 Å². The van der Waals surface area contributed by atoms with E-state index in [1.165, 1.54) is 0 Å². The zero-order chi connectivity index (χ0) is 8.58. The van der Waals surface area contributed by atoms with Crippen LogP contribution < -0.4 is 138 Å². The fourth-order valence-corrected chi connectivity index (χ4v) is 1.35. The van der Waals surface area contributed by atoms with E-state index in [2.05, 4.69) is 6.58 Å². The summed E-state index contributed by atoms with van der Waals surface area (Å²) in [6.45, 7) is 2.32. The van der Waals surface area contributed by atoms with Crippen LogP contribution in [0.4, 0.5) is 0 Å². The summed E-state index contributed by atoms with van der Waals surface area (Å²) >= 11 is 0. The van der Waals surface area contributed by atoms with Gasteiger partial charge in [-0.3, -0.25) is 0 Å². The number of hydrogen-bond donors (Lipinski definition) is 0. The summed E-state index contributed by atoms with van der Waals surface area (Å²) < 4.78 is 19.6. The largest absolute Gasteiger partial charge is 1.00 e. The Morgan fingerprint density at radius 2 is 0.929 bits per heavy atom. The number of hydrogen-bond acceptors (Lipinski definition) is 6. The first-order valence-corrected chi connectivity index (χ1v) is 4.98. The molecular formula is C2H2Na4O6P2.